The molecular weight excluding hydrogens is 202 g/mol. The number of furan rings is 1. The first-order valence-electron chi connectivity index (χ1n) is 6.13. The number of aliphatic hydroxyl groups is 1. The van der Waals surface area contributed by atoms with E-state index in [1.54, 1.807) is 13.2 Å². The van der Waals surface area contributed by atoms with Gasteiger partial charge >= 0.3 is 0 Å². The molecule has 0 saturated heterocycles. The van der Waals surface area contributed by atoms with Gasteiger partial charge in [0.2, 0.25) is 0 Å². The third kappa shape index (κ3) is 2.66. The van der Waals surface area contributed by atoms with Gasteiger partial charge in [-0.15, -0.1) is 0 Å². The standard InChI is InChI=1S/C13H21NO2/c1-3-11(10-6-7-10)14-9-13(2,15)12-5-4-8-16-12/h4-5,8,10-11,14-15H,3,6-7,9H2,1-2H3. The van der Waals surface area contributed by atoms with E-state index in [-0.39, 0.29) is 0 Å². The molecular formula is C13H21NO2. The van der Waals surface area contributed by atoms with Gasteiger partial charge in [-0.05, 0) is 44.2 Å². The van der Waals surface area contributed by atoms with Gasteiger partial charge in [-0.3, -0.25) is 0 Å². The van der Waals surface area contributed by atoms with Gasteiger partial charge in [0.05, 0.1) is 6.26 Å². The van der Waals surface area contributed by atoms with Crippen molar-refractivity contribution in [3.63, 3.8) is 0 Å². The van der Waals surface area contributed by atoms with E-state index < -0.39 is 5.60 Å². The maximum absolute atomic E-state index is 10.3. The molecule has 2 unspecified atom stereocenters. The molecule has 3 nitrogen and oxygen atoms in total. The fraction of sp³-hybridized carbons (Fsp3) is 0.692. The van der Waals surface area contributed by atoms with Gasteiger partial charge in [0, 0.05) is 12.6 Å². The molecule has 1 fully saturated rings. The lowest BCUT2D eigenvalue weighted by molar-refractivity contribution is 0.0307. The van der Waals surface area contributed by atoms with Crippen LogP contribution in [-0.4, -0.2) is 17.7 Å². The van der Waals surface area contributed by atoms with Gasteiger partial charge in [-0.2, -0.15) is 0 Å². The van der Waals surface area contributed by atoms with E-state index in [1.807, 2.05) is 12.1 Å². The van der Waals surface area contributed by atoms with Crippen LogP contribution in [0.5, 0.6) is 0 Å². The Morgan fingerprint density at radius 3 is 2.88 bits per heavy atom. The van der Waals surface area contributed by atoms with Gasteiger partial charge in [-0.1, -0.05) is 6.92 Å². The molecule has 1 aromatic heterocycles. The Morgan fingerprint density at radius 1 is 1.62 bits per heavy atom. The summed E-state index contributed by atoms with van der Waals surface area (Å²) in [5, 5.41) is 13.7. The molecule has 2 N–H and O–H groups in total. The van der Waals surface area contributed by atoms with Crippen LogP contribution in [0.25, 0.3) is 0 Å². The minimum absolute atomic E-state index is 0.543. The van der Waals surface area contributed by atoms with Crippen molar-refractivity contribution in [1.29, 1.82) is 0 Å². The zero-order valence-electron chi connectivity index (χ0n) is 10.1. The summed E-state index contributed by atoms with van der Waals surface area (Å²) in [7, 11) is 0. The quantitative estimate of drug-likeness (QED) is 0.777. The third-order valence-corrected chi connectivity index (χ3v) is 3.39. The molecule has 0 radical (unpaired) electrons. The van der Waals surface area contributed by atoms with Crippen LogP contribution >= 0.6 is 0 Å². The summed E-state index contributed by atoms with van der Waals surface area (Å²) in [5.74, 6) is 1.45. The van der Waals surface area contributed by atoms with E-state index in [0.29, 0.717) is 18.3 Å². The second-order valence-corrected chi connectivity index (χ2v) is 4.98. The minimum atomic E-state index is -0.911. The Labute approximate surface area is 96.8 Å². The summed E-state index contributed by atoms with van der Waals surface area (Å²) >= 11 is 0. The van der Waals surface area contributed by atoms with E-state index >= 15 is 0 Å². The lowest BCUT2D eigenvalue weighted by atomic mass is 10.0. The lowest BCUT2D eigenvalue weighted by Crippen LogP contribution is -2.41. The van der Waals surface area contributed by atoms with Crippen LogP contribution in [0.1, 0.15) is 38.9 Å². The number of hydrogen-bond donors (Lipinski definition) is 2. The molecule has 16 heavy (non-hydrogen) atoms. The van der Waals surface area contributed by atoms with Crippen molar-refractivity contribution in [3.8, 4) is 0 Å². The topological polar surface area (TPSA) is 45.4 Å². The molecule has 0 amide bonds. The number of hydrogen-bond acceptors (Lipinski definition) is 3. The Bertz CT molecular complexity index is 315. The molecule has 1 aliphatic rings. The second kappa shape index (κ2) is 4.60. The largest absolute Gasteiger partial charge is 0.466 e. The van der Waals surface area contributed by atoms with E-state index in [1.165, 1.54) is 12.8 Å². The molecule has 1 heterocycles. The summed E-state index contributed by atoms with van der Waals surface area (Å²) in [6.07, 6.45) is 5.38. The van der Waals surface area contributed by atoms with Crippen LogP contribution in [0.2, 0.25) is 0 Å². The number of nitrogens with one attached hydrogen (secondary N) is 1. The van der Waals surface area contributed by atoms with Crippen LogP contribution in [0.3, 0.4) is 0 Å². The maximum Gasteiger partial charge on any atom is 0.136 e. The van der Waals surface area contributed by atoms with Crippen LogP contribution in [-0.2, 0) is 5.60 Å². The Balaban J connectivity index is 1.88. The highest BCUT2D eigenvalue weighted by Crippen LogP contribution is 2.34. The first kappa shape index (κ1) is 11.7. The van der Waals surface area contributed by atoms with E-state index in [9.17, 15) is 5.11 Å². The van der Waals surface area contributed by atoms with Gasteiger partial charge in [0.25, 0.3) is 0 Å². The third-order valence-electron chi connectivity index (χ3n) is 3.39. The van der Waals surface area contributed by atoms with Crippen LogP contribution in [0.15, 0.2) is 22.8 Å². The van der Waals surface area contributed by atoms with Gasteiger partial charge in [-0.25, -0.2) is 0 Å². The molecule has 1 aromatic rings. The van der Waals surface area contributed by atoms with Crippen molar-refractivity contribution in [3.05, 3.63) is 24.2 Å². The summed E-state index contributed by atoms with van der Waals surface area (Å²) < 4.78 is 5.25. The molecule has 0 spiro atoms. The van der Waals surface area contributed by atoms with E-state index in [4.69, 9.17) is 4.42 Å². The Kier molecular flexibility index (Phi) is 3.36. The summed E-state index contributed by atoms with van der Waals surface area (Å²) in [6.45, 7) is 4.53. The Hall–Kier alpha value is -0.800. The van der Waals surface area contributed by atoms with E-state index in [0.717, 1.165) is 12.3 Å². The van der Waals surface area contributed by atoms with E-state index in [2.05, 4.69) is 12.2 Å². The first-order valence-corrected chi connectivity index (χ1v) is 6.13. The minimum Gasteiger partial charge on any atom is -0.466 e. The van der Waals surface area contributed by atoms with Crippen molar-refractivity contribution < 1.29 is 9.52 Å². The van der Waals surface area contributed by atoms with Crippen molar-refractivity contribution in [2.75, 3.05) is 6.54 Å². The predicted octanol–water partition coefficient (Wildman–Crippen LogP) is 2.27. The monoisotopic (exact) mass is 223 g/mol. The molecule has 1 saturated carbocycles. The van der Waals surface area contributed by atoms with Crippen molar-refractivity contribution in [2.24, 2.45) is 5.92 Å². The smallest absolute Gasteiger partial charge is 0.136 e. The normalized spacial score (nSPS) is 21.7. The van der Waals surface area contributed by atoms with Crippen LogP contribution in [0.4, 0.5) is 0 Å². The molecule has 0 aliphatic heterocycles. The Morgan fingerprint density at radius 2 is 2.38 bits per heavy atom. The maximum atomic E-state index is 10.3. The molecule has 3 heteroatoms. The fourth-order valence-electron chi connectivity index (χ4n) is 2.14. The zero-order valence-corrected chi connectivity index (χ0v) is 10.1. The summed E-state index contributed by atoms with van der Waals surface area (Å²) in [4.78, 5) is 0. The molecule has 90 valence electrons. The van der Waals surface area contributed by atoms with Crippen molar-refractivity contribution in [1.82, 2.24) is 5.32 Å². The van der Waals surface area contributed by atoms with Crippen LogP contribution < -0.4 is 5.32 Å². The van der Waals surface area contributed by atoms with Gasteiger partial charge in [0.1, 0.15) is 11.4 Å². The SMILES string of the molecule is CCC(NCC(C)(O)c1ccco1)C1CC1. The van der Waals surface area contributed by atoms with Crippen molar-refractivity contribution in [2.45, 2.75) is 44.8 Å². The predicted molar refractivity (Wildman–Crippen MR) is 63.1 cm³/mol. The lowest BCUT2D eigenvalue weighted by Gasteiger charge is -2.25. The van der Waals surface area contributed by atoms with Crippen LogP contribution in [0, 0.1) is 5.92 Å². The average Bonchev–Trinajstić information content (AvgIpc) is 2.93. The highest BCUT2D eigenvalue weighted by atomic mass is 16.4. The number of rotatable bonds is 6. The van der Waals surface area contributed by atoms with Gasteiger partial charge < -0.3 is 14.8 Å². The highest BCUT2D eigenvalue weighted by Gasteiger charge is 2.32. The fourth-order valence-corrected chi connectivity index (χ4v) is 2.14. The molecule has 2 atom stereocenters. The first-order chi connectivity index (χ1) is 7.63. The summed E-state index contributed by atoms with van der Waals surface area (Å²) in [6, 6.07) is 4.17. The molecule has 1 aliphatic carbocycles. The highest BCUT2D eigenvalue weighted by molar-refractivity contribution is 5.08. The zero-order chi connectivity index (χ0) is 11.6. The molecule has 2 rings (SSSR count). The summed E-state index contributed by atoms with van der Waals surface area (Å²) in [5.41, 5.74) is -0.911. The van der Waals surface area contributed by atoms with Crippen molar-refractivity contribution >= 4 is 0 Å². The molecule has 0 aromatic carbocycles. The molecule has 0 bridgehead atoms. The average molecular weight is 223 g/mol. The second-order valence-electron chi connectivity index (χ2n) is 4.98. The van der Waals surface area contributed by atoms with Gasteiger partial charge in [0.15, 0.2) is 0 Å².